The molecule has 2 aromatic rings. The van der Waals surface area contributed by atoms with E-state index in [0.29, 0.717) is 11.3 Å². The normalized spacial score (nSPS) is 20.2. The molecule has 6 heteroatoms. The number of anilines is 1. The third-order valence-corrected chi connectivity index (χ3v) is 5.33. The van der Waals surface area contributed by atoms with Gasteiger partial charge in [0.25, 0.3) is 5.91 Å². The topological polar surface area (TPSA) is 97.1 Å². The van der Waals surface area contributed by atoms with E-state index in [1.54, 1.807) is 36.7 Å². The van der Waals surface area contributed by atoms with Crippen LogP contribution in [-0.4, -0.2) is 22.8 Å². The average molecular weight is 380 g/mol. The molecule has 0 bridgehead atoms. The maximum absolute atomic E-state index is 12.3. The zero-order valence-corrected chi connectivity index (χ0v) is 16.2. The van der Waals surface area contributed by atoms with Crippen LogP contribution in [0.3, 0.4) is 0 Å². The number of nitrogens with two attached hydrogens (primary N) is 1. The largest absolute Gasteiger partial charge is 0.353 e. The number of nitrogens with zero attached hydrogens (tertiary/aromatic N) is 1. The van der Waals surface area contributed by atoms with E-state index in [9.17, 15) is 9.59 Å². The predicted octanol–water partition coefficient (Wildman–Crippen LogP) is 3.42. The first-order valence-corrected chi connectivity index (χ1v) is 9.87. The molecule has 0 saturated heterocycles. The molecule has 28 heavy (non-hydrogen) atoms. The van der Waals surface area contributed by atoms with Gasteiger partial charge in [0.05, 0.1) is 0 Å². The van der Waals surface area contributed by atoms with Crippen LogP contribution in [0.2, 0.25) is 0 Å². The van der Waals surface area contributed by atoms with Crippen LogP contribution in [-0.2, 0) is 4.79 Å². The van der Waals surface area contributed by atoms with Crippen molar-refractivity contribution in [1.29, 1.82) is 0 Å². The number of benzene rings is 1. The number of carbonyl (C=O) groups excluding carboxylic acids is 2. The van der Waals surface area contributed by atoms with Crippen LogP contribution < -0.4 is 16.4 Å². The van der Waals surface area contributed by atoms with Crippen molar-refractivity contribution in [3.05, 3.63) is 59.9 Å². The van der Waals surface area contributed by atoms with Crippen molar-refractivity contribution in [2.45, 2.75) is 51.1 Å². The molecule has 1 aromatic carbocycles. The molecule has 1 aliphatic rings. The molecule has 1 unspecified atom stereocenters. The lowest BCUT2D eigenvalue weighted by atomic mass is 9.87. The highest BCUT2D eigenvalue weighted by Crippen LogP contribution is 2.24. The molecule has 1 saturated carbocycles. The Morgan fingerprint density at radius 3 is 2.36 bits per heavy atom. The second-order valence-electron chi connectivity index (χ2n) is 7.65. The molecule has 1 aliphatic carbocycles. The van der Waals surface area contributed by atoms with Crippen LogP contribution in [0.5, 0.6) is 0 Å². The van der Waals surface area contributed by atoms with Crippen LogP contribution in [0.4, 0.5) is 5.69 Å². The molecule has 6 nitrogen and oxygen atoms in total. The van der Waals surface area contributed by atoms with Crippen molar-refractivity contribution < 1.29 is 9.59 Å². The van der Waals surface area contributed by atoms with Gasteiger partial charge in [0.2, 0.25) is 5.91 Å². The monoisotopic (exact) mass is 380 g/mol. The van der Waals surface area contributed by atoms with Gasteiger partial charge in [0, 0.05) is 42.1 Å². The molecule has 1 aromatic heterocycles. The van der Waals surface area contributed by atoms with E-state index < -0.39 is 0 Å². The maximum Gasteiger partial charge on any atom is 0.255 e. The minimum absolute atomic E-state index is 0.00782. The smallest absolute Gasteiger partial charge is 0.255 e. The molecule has 1 heterocycles. The number of aromatic nitrogens is 1. The zero-order valence-electron chi connectivity index (χ0n) is 16.2. The number of carbonyl (C=O) groups is 2. The van der Waals surface area contributed by atoms with Gasteiger partial charge >= 0.3 is 0 Å². The third kappa shape index (κ3) is 5.63. The van der Waals surface area contributed by atoms with Crippen molar-refractivity contribution >= 4 is 17.5 Å². The molecular weight excluding hydrogens is 352 g/mol. The van der Waals surface area contributed by atoms with Gasteiger partial charge in [-0.05, 0) is 61.4 Å². The van der Waals surface area contributed by atoms with Gasteiger partial charge in [-0.1, -0.05) is 19.1 Å². The summed E-state index contributed by atoms with van der Waals surface area (Å²) in [5.41, 5.74) is 8.27. The van der Waals surface area contributed by atoms with E-state index in [4.69, 9.17) is 5.73 Å². The van der Waals surface area contributed by atoms with Gasteiger partial charge in [-0.15, -0.1) is 0 Å². The Labute approximate surface area is 165 Å². The van der Waals surface area contributed by atoms with Crippen molar-refractivity contribution in [2.75, 3.05) is 5.32 Å². The summed E-state index contributed by atoms with van der Waals surface area (Å²) >= 11 is 0. The van der Waals surface area contributed by atoms with Crippen LogP contribution in [0.1, 0.15) is 61.0 Å². The summed E-state index contributed by atoms with van der Waals surface area (Å²) in [7, 11) is 0. The van der Waals surface area contributed by atoms with Crippen LogP contribution >= 0.6 is 0 Å². The Morgan fingerprint density at radius 2 is 1.71 bits per heavy atom. The van der Waals surface area contributed by atoms with Gasteiger partial charge in [-0.2, -0.15) is 0 Å². The SMILES string of the molecule is CC1CCC(NC(=O)CC(N)c2ccc(C(=O)Nc3ccncc3)cc2)CC1. The minimum Gasteiger partial charge on any atom is -0.353 e. The van der Waals surface area contributed by atoms with Crippen LogP contribution in [0.15, 0.2) is 48.8 Å². The fourth-order valence-corrected chi connectivity index (χ4v) is 3.53. The van der Waals surface area contributed by atoms with E-state index in [1.165, 1.54) is 12.8 Å². The summed E-state index contributed by atoms with van der Waals surface area (Å²) in [5, 5.41) is 5.92. The lowest BCUT2D eigenvalue weighted by molar-refractivity contribution is -0.122. The Balaban J connectivity index is 1.51. The van der Waals surface area contributed by atoms with Crippen LogP contribution in [0.25, 0.3) is 0 Å². The molecule has 0 spiro atoms. The maximum atomic E-state index is 12.3. The second kappa shape index (κ2) is 9.46. The first-order valence-electron chi connectivity index (χ1n) is 9.87. The molecule has 4 N–H and O–H groups in total. The Bertz CT molecular complexity index is 784. The molecule has 148 valence electrons. The fourth-order valence-electron chi connectivity index (χ4n) is 3.53. The first kappa shape index (κ1) is 20.0. The molecule has 2 amide bonds. The highest BCUT2D eigenvalue weighted by molar-refractivity contribution is 6.04. The second-order valence-corrected chi connectivity index (χ2v) is 7.65. The molecule has 1 atom stereocenters. The number of hydrogen-bond donors (Lipinski definition) is 3. The molecular formula is C22H28N4O2. The van der Waals surface area contributed by atoms with E-state index in [2.05, 4.69) is 22.5 Å². The summed E-state index contributed by atoms with van der Waals surface area (Å²) in [4.78, 5) is 28.5. The number of hydrogen-bond acceptors (Lipinski definition) is 4. The lowest BCUT2D eigenvalue weighted by Gasteiger charge is -2.27. The van der Waals surface area contributed by atoms with E-state index in [-0.39, 0.29) is 30.3 Å². The number of pyridine rings is 1. The van der Waals surface area contributed by atoms with Gasteiger partial charge < -0.3 is 16.4 Å². The Morgan fingerprint density at radius 1 is 1.07 bits per heavy atom. The van der Waals surface area contributed by atoms with E-state index in [1.807, 2.05) is 12.1 Å². The lowest BCUT2D eigenvalue weighted by Crippen LogP contribution is -2.38. The standard InChI is InChI=1S/C22H28N4O2/c1-15-2-8-18(9-3-15)25-21(27)14-20(23)16-4-6-17(7-5-16)22(28)26-19-10-12-24-13-11-19/h4-7,10-13,15,18,20H,2-3,8-9,14,23H2,1H3,(H,25,27)(H,24,26,28). The van der Waals surface area contributed by atoms with Gasteiger partial charge in [0.1, 0.15) is 0 Å². The molecule has 0 radical (unpaired) electrons. The highest BCUT2D eigenvalue weighted by Gasteiger charge is 2.21. The quantitative estimate of drug-likeness (QED) is 0.715. The van der Waals surface area contributed by atoms with Crippen molar-refractivity contribution in [1.82, 2.24) is 10.3 Å². The summed E-state index contributed by atoms with van der Waals surface area (Å²) in [6.45, 7) is 2.26. The molecule has 1 fully saturated rings. The van der Waals surface area contributed by atoms with Gasteiger partial charge in [0.15, 0.2) is 0 Å². The summed E-state index contributed by atoms with van der Waals surface area (Å²) in [5.74, 6) is 0.548. The van der Waals surface area contributed by atoms with Crippen molar-refractivity contribution in [3.8, 4) is 0 Å². The Hall–Kier alpha value is -2.73. The van der Waals surface area contributed by atoms with Crippen molar-refractivity contribution in [3.63, 3.8) is 0 Å². The first-order chi connectivity index (χ1) is 13.5. The molecule has 3 rings (SSSR count). The van der Waals surface area contributed by atoms with E-state index >= 15 is 0 Å². The highest BCUT2D eigenvalue weighted by atomic mass is 16.2. The number of nitrogens with one attached hydrogen (secondary N) is 2. The number of rotatable bonds is 6. The van der Waals surface area contributed by atoms with Gasteiger partial charge in [-0.25, -0.2) is 0 Å². The summed E-state index contributed by atoms with van der Waals surface area (Å²) in [6, 6.07) is 10.4. The third-order valence-electron chi connectivity index (χ3n) is 5.33. The van der Waals surface area contributed by atoms with Crippen LogP contribution in [0, 0.1) is 5.92 Å². The van der Waals surface area contributed by atoms with Crippen molar-refractivity contribution in [2.24, 2.45) is 11.7 Å². The fraction of sp³-hybridized carbons (Fsp3) is 0.409. The average Bonchev–Trinajstić information content (AvgIpc) is 2.70. The predicted molar refractivity (Wildman–Crippen MR) is 110 cm³/mol. The number of amides is 2. The summed E-state index contributed by atoms with van der Waals surface area (Å²) < 4.78 is 0. The zero-order chi connectivity index (χ0) is 19.9. The van der Waals surface area contributed by atoms with E-state index in [0.717, 1.165) is 24.3 Å². The summed E-state index contributed by atoms with van der Waals surface area (Å²) in [6.07, 6.45) is 7.91. The Kier molecular flexibility index (Phi) is 6.76. The molecule has 0 aliphatic heterocycles. The van der Waals surface area contributed by atoms with Gasteiger partial charge in [-0.3, -0.25) is 14.6 Å². The minimum atomic E-state index is -0.389.